The molecule has 0 saturated carbocycles. The standard InChI is InChI=1S/C22H26ClN3O4S2/c1-16-4-6-17(7-5-16)21(27)25-10-2-3-18(15-25)22(28)24-11-13-26(14-12-24)32(29,30)20-9-8-19(23)31-20/h4-9,18H,2-3,10-15H2,1H3. The molecule has 1 atom stereocenters. The number of nitrogens with zero attached hydrogens (tertiary/aromatic N) is 3. The lowest BCUT2D eigenvalue weighted by Gasteiger charge is -2.38. The Labute approximate surface area is 197 Å². The summed E-state index contributed by atoms with van der Waals surface area (Å²) in [4.78, 5) is 29.5. The van der Waals surface area contributed by atoms with Gasteiger partial charge in [-0.2, -0.15) is 4.31 Å². The molecule has 4 rings (SSSR count). The second-order valence-corrected chi connectivity index (χ2v) is 12.1. The summed E-state index contributed by atoms with van der Waals surface area (Å²) in [6.07, 6.45) is 1.52. The van der Waals surface area contributed by atoms with Crippen molar-refractivity contribution in [2.24, 2.45) is 5.92 Å². The Balaban J connectivity index is 1.35. The van der Waals surface area contributed by atoms with Gasteiger partial charge in [0.25, 0.3) is 15.9 Å². The molecule has 1 aromatic heterocycles. The van der Waals surface area contributed by atoms with E-state index >= 15 is 0 Å². The molecule has 0 N–H and O–H groups in total. The Hall–Kier alpha value is -1.94. The average molecular weight is 496 g/mol. The van der Waals surface area contributed by atoms with Gasteiger partial charge >= 0.3 is 0 Å². The van der Waals surface area contributed by atoms with E-state index in [1.165, 1.54) is 10.4 Å². The van der Waals surface area contributed by atoms with E-state index in [2.05, 4.69) is 0 Å². The molecule has 7 nitrogen and oxygen atoms in total. The van der Waals surface area contributed by atoms with Gasteiger partial charge in [-0.1, -0.05) is 29.3 Å². The lowest BCUT2D eigenvalue weighted by atomic mass is 9.95. The first-order valence-electron chi connectivity index (χ1n) is 10.7. The Kier molecular flexibility index (Phi) is 6.90. The van der Waals surface area contributed by atoms with E-state index in [1.807, 2.05) is 31.2 Å². The number of hydrogen-bond donors (Lipinski definition) is 0. The number of piperazine rings is 1. The molecule has 2 amide bonds. The van der Waals surface area contributed by atoms with E-state index in [1.54, 1.807) is 15.9 Å². The molecular formula is C22H26ClN3O4S2. The average Bonchev–Trinajstić information content (AvgIpc) is 3.26. The number of carbonyl (C=O) groups excluding carboxylic acids is 2. The van der Waals surface area contributed by atoms with E-state index < -0.39 is 10.0 Å². The van der Waals surface area contributed by atoms with Crippen LogP contribution in [0.3, 0.4) is 0 Å². The number of likely N-dealkylation sites (tertiary alicyclic amines) is 1. The molecule has 0 spiro atoms. The van der Waals surface area contributed by atoms with Crippen molar-refractivity contribution in [3.8, 4) is 0 Å². The first-order valence-corrected chi connectivity index (χ1v) is 13.3. The van der Waals surface area contributed by atoms with E-state index in [4.69, 9.17) is 11.6 Å². The monoisotopic (exact) mass is 495 g/mol. The van der Waals surface area contributed by atoms with Gasteiger partial charge in [0, 0.05) is 44.8 Å². The quantitative estimate of drug-likeness (QED) is 0.653. The van der Waals surface area contributed by atoms with Gasteiger partial charge in [-0.3, -0.25) is 9.59 Å². The first kappa shape index (κ1) is 23.2. The zero-order valence-electron chi connectivity index (χ0n) is 17.9. The van der Waals surface area contributed by atoms with E-state index in [0.717, 1.165) is 29.7 Å². The van der Waals surface area contributed by atoms with Crippen LogP contribution in [0.15, 0.2) is 40.6 Å². The summed E-state index contributed by atoms with van der Waals surface area (Å²) in [6, 6.07) is 10.6. The number of piperidine rings is 1. The second kappa shape index (κ2) is 9.51. The van der Waals surface area contributed by atoms with Crippen LogP contribution in [0.25, 0.3) is 0 Å². The number of hydrogen-bond acceptors (Lipinski definition) is 5. The van der Waals surface area contributed by atoms with Gasteiger partial charge in [0.2, 0.25) is 5.91 Å². The van der Waals surface area contributed by atoms with Crippen molar-refractivity contribution in [2.75, 3.05) is 39.3 Å². The predicted octanol–water partition coefficient (Wildman–Crippen LogP) is 3.10. The minimum atomic E-state index is -3.59. The van der Waals surface area contributed by atoms with Gasteiger partial charge in [0.15, 0.2) is 0 Å². The summed E-state index contributed by atoms with van der Waals surface area (Å²) >= 11 is 6.93. The van der Waals surface area contributed by atoms with Crippen LogP contribution in [-0.2, 0) is 14.8 Å². The zero-order chi connectivity index (χ0) is 22.9. The van der Waals surface area contributed by atoms with E-state index in [-0.39, 0.29) is 35.0 Å². The van der Waals surface area contributed by atoms with Gasteiger partial charge in [0.1, 0.15) is 4.21 Å². The van der Waals surface area contributed by atoms with Crippen LogP contribution in [0.1, 0.15) is 28.8 Å². The van der Waals surface area contributed by atoms with Gasteiger partial charge in [-0.05, 0) is 44.0 Å². The summed E-state index contributed by atoms with van der Waals surface area (Å²) in [5, 5.41) is 0. The molecule has 10 heteroatoms. The third kappa shape index (κ3) is 4.85. The van der Waals surface area contributed by atoms with Gasteiger partial charge in [-0.15, -0.1) is 11.3 Å². The predicted molar refractivity (Wildman–Crippen MR) is 124 cm³/mol. The van der Waals surface area contributed by atoms with Crippen LogP contribution in [0.5, 0.6) is 0 Å². The molecular weight excluding hydrogens is 470 g/mol. The van der Waals surface area contributed by atoms with Crippen LogP contribution in [-0.4, -0.2) is 73.6 Å². The van der Waals surface area contributed by atoms with Crippen LogP contribution >= 0.6 is 22.9 Å². The minimum Gasteiger partial charge on any atom is -0.340 e. The maximum absolute atomic E-state index is 13.1. The molecule has 32 heavy (non-hydrogen) atoms. The maximum atomic E-state index is 13.1. The number of halogens is 1. The SMILES string of the molecule is Cc1ccc(C(=O)N2CCCC(C(=O)N3CCN(S(=O)(=O)c4ccc(Cl)s4)CC3)C2)cc1. The van der Waals surface area contributed by atoms with Crippen LogP contribution in [0, 0.1) is 12.8 Å². The molecule has 1 unspecified atom stereocenters. The molecule has 2 fully saturated rings. The highest BCUT2D eigenvalue weighted by atomic mass is 35.5. The molecule has 1 aromatic carbocycles. The highest BCUT2D eigenvalue weighted by molar-refractivity contribution is 7.91. The zero-order valence-corrected chi connectivity index (χ0v) is 20.3. The fourth-order valence-electron chi connectivity index (χ4n) is 4.21. The summed E-state index contributed by atoms with van der Waals surface area (Å²) < 4.78 is 27.6. The topological polar surface area (TPSA) is 78.0 Å². The number of carbonyl (C=O) groups is 2. The van der Waals surface area contributed by atoms with Crippen molar-refractivity contribution < 1.29 is 18.0 Å². The summed E-state index contributed by atoms with van der Waals surface area (Å²) in [6.45, 7) is 4.22. The number of benzene rings is 1. The number of rotatable bonds is 4. The van der Waals surface area contributed by atoms with Crippen molar-refractivity contribution in [3.63, 3.8) is 0 Å². The molecule has 172 valence electrons. The normalized spacial score (nSPS) is 20.4. The molecule has 0 radical (unpaired) electrons. The molecule has 2 aliphatic heterocycles. The van der Waals surface area contributed by atoms with E-state index in [9.17, 15) is 18.0 Å². The maximum Gasteiger partial charge on any atom is 0.253 e. The van der Waals surface area contributed by atoms with Crippen molar-refractivity contribution in [1.29, 1.82) is 0 Å². The fraction of sp³-hybridized carbons (Fsp3) is 0.455. The molecule has 2 saturated heterocycles. The molecule has 2 aliphatic rings. The number of amides is 2. The molecule has 3 heterocycles. The lowest BCUT2D eigenvalue weighted by Crippen LogP contribution is -2.54. The molecule has 2 aromatic rings. The Morgan fingerprint density at radius 2 is 1.66 bits per heavy atom. The smallest absolute Gasteiger partial charge is 0.253 e. The van der Waals surface area contributed by atoms with Crippen LogP contribution in [0.4, 0.5) is 0 Å². The first-order chi connectivity index (χ1) is 15.3. The molecule has 0 aliphatic carbocycles. The second-order valence-electron chi connectivity index (χ2n) is 8.24. The third-order valence-electron chi connectivity index (χ3n) is 6.05. The number of sulfonamides is 1. The van der Waals surface area contributed by atoms with Crippen LogP contribution in [0.2, 0.25) is 4.34 Å². The molecule has 0 bridgehead atoms. The number of aryl methyl sites for hydroxylation is 1. The van der Waals surface area contributed by atoms with Gasteiger partial charge in [0.05, 0.1) is 10.3 Å². The van der Waals surface area contributed by atoms with Gasteiger partial charge in [-0.25, -0.2) is 8.42 Å². The summed E-state index contributed by atoms with van der Waals surface area (Å²) in [5.74, 6) is -0.298. The van der Waals surface area contributed by atoms with Gasteiger partial charge < -0.3 is 9.80 Å². The highest BCUT2D eigenvalue weighted by Crippen LogP contribution is 2.29. The van der Waals surface area contributed by atoms with E-state index in [0.29, 0.717) is 36.1 Å². The summed E-state index contributed by atoms with van der Waals surface area (Å²) in [5.41, 5.74) is 1.73. The van der Waals surface area contributed by atoms with Crippen molar-refractivity contribution >= 4 is 44.8 Å². The fourth-order valence-corrected chi connectivity index (χ4v) is 7.27. The van der Waals surface area contributed by atoms with Crippen LogP contribution < -0.4 is 0 Å². The highest BCUT2D eigenvalue weighted by Gasteiger charge is 2.35. The summed E-state index contributed by atoms with van der Waals surface area (Å²) in [7, 11) is -3.59. The Bertz CT molecular complexity index is 1090. The number of thiophene rings is 1. The third-order valence-corrected chi connectivity index (χ3v) is 9.65. The van der Waals surface area contributed by atoms with Crippen molar-refractivity contribution in [2.45, 2.75) is 24.0 Å². The van der Waals surface area contributed by atoms with Crippen molar-refractivity contribution in [3.05, 3.63) is 51.9 Å². The largest absolute Gasteiger partial charge is 0.340 e. The lowest BCUT2D eigenvalue weighted by molar-refractivity contribution is -0.138. The minimum absolute atomic E-state index is 0.00243. The Morgan fingerprint density at radius 1 is 0.969 bits per heavy atom. The Morgan fingerprint density at radius 3 is 2.28 bits per heavy atom. The van der Waals surface area contributed by atoms with Crippen molar-refractivity contribution in [1.82, 2.24) is 14.1 Å².